The lowest BCUT2D eigenvalue weighted by Gasteiger charge is -2.38. The number of anilines is 1. The zero-order chi connectivity index (χ0) is 34.3. The van der Waals surface area contributed by atoms with Crippen LogP contribution < -0.4 is 9.64 Å². The molecule has 260 valence electrons. The molecule has 0 amide bonds. The van der Waals surface area contributed by atoms with Crippen LogP contribution in [0.15, 0.2) is 42.7 Å². The van der Waals surface area contributed by atoms with Gasteiger partial charge in [0.15, 0.2) is 5.75 Å². The molecule has 5 rings (SSSR count). The van der Waals surface area contributed by atoms with Gasteiger partial charge in [-0.1, -0.05) is 23.2 Å². The number of carbonyl (C=O) groups is 1. The molecule has 0 bridgehead atoms. The smallest absolute Gasteiger partial charge is 0.305 e. The van der Waals surface area contributed by atoms with Crippen molar-refractivity contribution in [2.75, 3.05) is 64.1 Å². The number of carbonyl (C=O) groups excluding carboxylic acids is 1. The van der Waals surface area contributed by atoms with Crippen molar-refractivity contribution in [1.82, 2.24) is 24.8 Å². The van der Waals surface area contributed by atoms with Crippen LogP contribution in [0.2, 0.25) is 10.0 Å². The first kappa shape index (κ1) is 36.2. The van der Waals surface area contributed by atoms with Crippen molar-refractivity contribution >= 4 is 45.2 Å². The lowest BCUT2D eigenvalue weighted by Crippen LogP contribution is -2.50. The van der Waals surface area contributed by atoms with Gasteiger partial charge in [-0.15, -0.1) is 0 Å². The van der Waals surface area contributed by atoms with Crippen molar-refractivity contribution in [3.8, 4) is 22.9 Å². The minimum Gasteiger partial charge on any atom is -0.469 e. The molecule has 0 aliphatic carbocycles. The van der Waals surface area contributed by atoms with E-state index in [4.69, 9.17) is 41.8 Å². The van der Waals surface area contributed by atoms with E-state index in [1.54, 1.807) is 18.5 Å². The van der Waals surface area contributed by atoms with E-state index in [2.05, 4.69) is 31.6 Å². The number of aromatic nitrogens is 3. The first-order valence-corrected chi connectivity index (χ1v) is 18.6. The number of halogens is 2. The maximum atomic E-state index is 11.7. The summed E-state index contributed by atoms with van der Waals surface area (Å²) in [7, 11) is -2.00. The Morgan fingerprint density at radius 1 is 0.979 bits per heavy atom. The summed E-state index contributed by atoms with van der Waals surface area (Å²) in [5, 5.41) is 1.03. The molecule has 4 heterocycles. The molecule has 0 saturated carbocycles. The van der Waals surface area contributed by atoms with Gasteiger partial charge in [-0.2, -0.15) is 8.42 Å². The van der Waals surface area contributed by atoms with E-state index in [0.29, 0.717) is 58.6 Å². The fourth-order valence-electron chi connectivity index (χ4n) is 6.04. The average molecular weight is 722 g/mol. The van der Waals surface area contributed by atoms with Crippen molar-refractivity contribution in [3.63, 3.8) is 0 Å². The van der Waals surface area contributed by atoms with Gasteiger partial charge < -0.3 is 14.4 Å². The van der Waals surface area contributed by atoms with Crippen molar-refractivity contribution in [1.29, 1.82) is 0 Å². The normalized spacial score (nSPS) is 17.3. The van der Waals surface area contributed by atoms with E-state index in [1.165, 1.54) is 7.11 Å². The number of hydrogen-bond donors (Lipinski definition) is 0. The number of likely N-dealkylation sites (tertiary alicyclic amines) is 1. The van der Waals surface area contributed by atoms with Crippen molar-refractivity contribution in [2.45, 2.75) is 45.2 Å². The summed E-state index contributed by atoms with van der Waals surface area (Å²) in [6, 6.07) is 9.47. The highest BCUT2D eigenvalue weighted by atomic mass is 35.5. The lowest BCUT2D eigenvalue weighted by molar-refractivity contribution is -0.142. The third-order valence-electron chi connectivity index (χ3n) is 8.71. The number of benzene rings is 1. The Kier molecular flexibility index (Phi) is 12.5. The molecule has 15 heteroatoms. The fraction of sp³-hybridized carbons (Fsp3) is 0.515. The minimum absolute atomic E-state index is 0.157. The molecule has 0 radical (unpaired) electrons. The number of ether oxygens (including phenoxy) is 2. The van der Waals surface area contributed by atoms with Crippen LogP contribution in [0.1, 0.15) is 38.2 Å². The first-order chi connectivity index (χ1) is 22.9. The monoisotopic (exact) mass is 720 g/mol. The molecule has 3 aromatic rings. The van der Waals surface area contributed by atoms with Gasteiger partial charge in [0.05, 0.1) is 38.1 Å². The Labute approximate surface area is 292 Å². The van der Waals surface area contributed by atoms with E-state index >= 15 is 0 Å². The maximum Gasteiger partial charge on any atom is 0.305 e. The van der Waals surface area contributed by atoms with Gasteiger partial charge in [0.25, 0.3) is 10.1 Å². The summed E-state index contributed by atoms with van der Waals surface area (Å²) in [5.41, 5.74) is 2.48. The largest absolute Gasteiger partial charge is 0.469 e. The summed E-state index contributed by atoms with van der Waals surface area (Å²) in [4.78, 5) is 32.5. The molecule has 1 atom stereocenters. The Morgan fingerprint density at radius 2 is 1.65 bits per heavy atom. The highest BCUT2D eigenvalue weighted by Crippen LogP contribution is 2.31. The van der Waals surface area contributed by atoms with Gasteiger partial charge in [0.1, 0.15) is 0 Å². The topological polar surface area (TPSA) is 127 Å². The van der Waals surface area contributed by atoms with Gasteiger partial charge in [-0.25, -0.2) is 15.0 Å². The highest BCUT2D eigenvalue weighted by molar-refractivity contribution is 7.85. The second kappa shape index (κ2) is 16.6. The molecule has 48 heavy (non-hydrogen) atoms. The van der Waals surface area contributed by atoms with Crippen molar-refractivity contribution in [3.05, 3.63) is 58.3 Å². The molecule has 0 N–H and O–H groups in total. The Hall–Kier alpha value is -3.07. The number of esters is 1. The lowest BCUT2D eigenvalue weighted by atomic mass is 9.93. The number of hydrogen-bond acceptors (Lipinski definition) is 12. The summed E-state index contributed by atoms with van der Waals surface area (Å²) >= 11 is 12.7. The van der Waals surface area contributed by atoms with E-state index < -0.39 is 10.1 Å². The molecule has 12 nitrogen and oxygen atoms in total. The zero-order valence-corrected chi connectivity index (χ0v) is 29.8. The number of piperazine rings is 1. The van der Waals surface area contributed by atoms with Crippen LogP contribution in [0.25, 0.3) is 11.3 Å². The molecule has 2 aliphatic rings. The number of pyridine rings is 1. The molecule has 0 spiro atoms. The third kappa shape index (κ3) is 10.7. The van der Waals surface area contributed by atoms with Crippen LogP contribution in [0.3, 0.4) is 0 Å². The van der Waals surface area contributed by atoms with E-state index in [-0.39, 0.29) is 18.6 Å². The average Bonchev–Trinajstić information content (AvgIpc) is 3.05. The fourth-order valence-corrected chi connectivity index (χ4v) is 6.96. The summed E-state index contributed by atoms with van der Waals surface area (Å²) in [5.74, 6) is 1.65. The molecular formula is C33H42Cl2N6O6S. The highest BCUT2D eigenvalue weighted by Gasteiger charge is 2.24. The van der Waals surface area contributed by atoms with Crippen molar-refractivity contribution < 1.29 is 26.9 Å². The van der Waals surface area contributed by atoms with E-state index in [0.717, 1.165) is 69.5 Å². The molecule has 2 aromatic heterocycles. The SMILES string of the molecule is COC(=O)CC1CCN(Cc2cc(Oc3cnc(N4CCN(C(C)CCOS(C)(=O)=O)CC4)nc3)nc(-c3cc(Cl)cc(Cl)c3)c2)CC1. The summed E-state index contributed by atoms with van der Waals surface area (Å²) < 4.78 is 38.5. The number of methoxy groups -OCH3 is 1. The summed E-state index contributed by atoms with van der Waals surface area (Å²) in [6.07, 6.45) is 7.31. The second-order valence-electron chi connectivity index (χ2n) is 12.4. The van der Waals surface area contributed by atoms with Gasteiger partial charge >= 0.3 is 5.97 Å². The number of piperidine rings is 1. The maximum absolute atomic E-state index is 11.7. The standard InChI is InChI=1S/C33H42Cl2N6O6S/c1-23(6-13-46-48(3,43)44)40-9-11-41(12-10-40)33-36-20-29(21-37-33)47-31-15-25(14-30(38-31)26-17-27(34)19-28(35)18-26)22-39-7-4-24(5-8-39)16-32(42)45-2/h14-15,17-21,23-24H,4-13,16,22H2,1-3H3. The quantitative estimate of drug-likeness (QED) is 0.168. The molecular weight excluding hydrogens is 679 g/mol. The molecule has 1 aromatic carbocycles. The summed E-state index contributed by atoms with van der Waals surface area (Å²) in [6.45, 7) is 7.78. The predicted octanol–water partition coefficient (Wildman–Crippen LogP) is 5.29. The number of nitrogens with zero attached hydrogens (tertiary/aromatic N) is 6. The van der Waals surface area contributed by atoms with Crippen LogP contribution in [0, 0.1) is 5.92 Å². The predicted molar refractivity (Wildman–Crippen MR) is 185 cm³/mol. The van der Waals surface area contributed by atoms with Crippen LogP contribution in [0.5, 0.6) is 11.6 Å². The Bertz CT molecular complexity index is 1630. The minimum atomic E-state index is -3.43. The Balaban J connectivity index is 1.23. The van der Waals surface area contributed by atoms with E-state index in [1.807, 2.05) is 24.3 Å². The number of rotatable bonds is 13. The third-order valence-corrected chi connectivity index (χ3v) is 9.74. The van der Waals surface area contributed by atoms with Crippen LogP contribution >= 0.6 is 23.2 Å². The van der Waals surface area contributed by atoms with Gasteiger partial charge in [-0.3, -0.25) is 18.8 Å². The zero-order valence-electron chi connectivity index (χ0n) is 27.5. The van der Waals surface area contributed by atoms with Crippen LogP contribution in [-0.2, 0) is 30.4 Å². The van der Waals surface area contributed by atoms with E-state index in [9.17, 15) is 13.2 Å². The van der Waals surface area contributed by atoms with Gasteiger partial charge in [-0.05, 0) is 75.0 Å². The first-order valence-electron chi connectivity index (χ1n) is 16.0. The molecule has 1 unspecified atom stereocenters. The molecule has 2 saturated heterocycles. The van der Waals surface area contributed by atoms with Crippen LogP contribution in [-0.4, -0.2) is 104 Å². The van der Waals surface area contributed by atoms with Gasteiger partial charge in [0, 0.05) is 66.9 Å². The Morgan fingerprint density at radius 3 is 2.27 bits per heavy atom. The van der Waals surface area contributed by atoms with Crippen molar-refractivity contribution in [2.24, 2.45) is 5.92 Å². The molecule has 2 aliphatic heterocycles. The second-order valence-corrected chi connectivity index (χ2v) is 14.9. The van der Waals surface area contributed by atoms with Crippen LogP contribution in [0.4, 0.5) is 5.95 Å². The molecule has 2 fully saturated rings. The van der Waals surface area contributed by atoms with Gasteiger partial charge in [0.2, 0.25) is 11.8 Å².